The summed E-state index contributed by atoms with van der Waals surface area (Å²) in [4.78, 5) is 10.7. The average Bonchev–Trinajstić information content (AvgIpc) is 2.28. The number of benzene rings is 1. The maximum absolute atomic E-state index is 10.7. The van der Waals surface area contributed by atoms with Crippen molar-refractivity contribution >= 4 is 5.97 Å². The second-order valence-corrected chi connectivity index (χ2v) is 3.97. The molecule has 0 amide bonds. The molecule has 0 aliphatic carbocycles. The van der Waals surface area contributed by atoms with Gasteiger partial charge in [-0.3, -0.25) is 0 Å². The van der Waals surface area contributed by atoms with Crippen molar-refractivity contribution < 1.29 is 19.7 Å². The number of carboxylic acid groups (broad SMARTS) is 1. The number of aliphatic hydroxyl groups is 1. The van der Waals surface area contributed by atoms with Gasteiger partial charge in [0.2, 0.25) is 0 Å². The number of para-hydroxylation sites is 1. The van der Waals surface area contributed by atoms with Crippen LogP contribution in [0.3, 0.4) is 0 Å². The molecule has 1 aromatic rings. The van der Waals surface area contributed by atoms with Crippen LogP contribution in [0, 0.1) is 0 Å². The number of allylic oxidation sites excluding steroid dienone is 1. The summed E-state index contributed by atoms with van der Waals surface area (Å²) in [6.07, 6.45) is 2.36. The third kappa shape index (κ3) is 3.60. The molecule has 0 aliphatic heterocycles. The van der Waals surface area contributed by atoms with E-state index in [9.17, 15) is 9.90 Å². The third-order valence-electron chi connectivity index (χ3n) is 2.31. The Balaban J connectivity index is 2.75. The number of hydrogen-bond donors (Lipinski definition) is 2. The molecule has 1 aromatic carbocycles. The largest absolute Gasteiger partial charge is 0.490 e. The lowest BCUT2D eigenvalue weighted by molar-refractivity contribution is -0.159. The van der Waals surface area contributed by atoms with E-state index in [1.807, 2.05) is 12.1 Å². The van der Waals surface area contributed by atoms with E-state index in [1.165, 1.54) is 6.92 Å². The summed E-state index contributed by atoms with van der Waals surface area (Å²) in [6.45, 7) is 4.54. The van der Waals surface area contributed by atoms with Crippen molar-refractivity contribution in [1.82, 2.24) is 0 Å². The van der Waals surface area contributed by atoms with Gasteiger partial charge in [0.25, 0.3) is 0 Å². The Morgan fingerprint density at radius 1 is 1.53 bits per heavy atom. The third-order valence-corrected chi connectivity index (χ3v) is 2.31. The van der Waals surface area contributed by atoms with Gasteiger partial charge in [-0.05, 0) is 25.0 Å². The summed E-state index contributed by atoms with van der Waals surface area (Å²) in [5, 5.41) is 18.3. The zero-order valence-electron chi connectivity index (χ0n) is 9.72. The van der Waals surface area contributed by atoms with Crippen LogP contribution in [0.25, 0.3) is 0 Å². The second-order valence-electron chi connectivity index (χ2n) is 3.97. The molecule has 0 saturated carbocycles. The fourth-order valence-electron chi connectivity index (χ4n) is 1.25. The average molecular weight is 236 g/mol. The smallest absolute Gasteiger partial charge is 0.339 e. The summed E-state index contributed by atoms with van der Waals surface area (Å²) in [5.74, 6) is -0.743. The minimum Gasteiger partial charge on any atom is -0.490 e. The standard InChI is InChI=1S/C13H16O4/c1-3-6-10-7-4-5-8-11(10)17-9-13(2,16)12(14)15/h3-5,7-8,16H,1,6,9H2,2H3,(H,14,15). The number of aliphatic carboxylic acids is 1. The lowest BCUT2D eigenvalue weighted by Crippen LogP contribution is -2.41. The van der Waals surface area contributed by atoms with E-state index in [-0.39, 0.29) is 6.61 Å². The van der Waals surface area contributed by atoms with Gasteiger partial charge in [0.15, 0.2) is 5.60 Å². The Bertz CT molecular complexity index is 410. The number of hydrogen-bond acceptors (Lipinski definition) is 3. The van der Waals surface area contributed by atoms with Crippen LogP contribution in [0.5, 0.6) is 5.75 Å². The van der Waals surface area contributed by atoms with Crippen LogP contribution in [0.1, 0.15) is 12.5 Å². The zero-order chi connectivity index (χ0) is 12.9. The predicted octanol–water partition coefficient (Wildman–Crippen LogP) is 1.63. The van der Waals surface area contributed by atoms with E-state index >= 15 is 0 Å². The Morgan fingerprint density at radius 2 is 2.18 bits per heavy atom. The molecule has 1 atom stereocenters. The molecule has 0 saturated heterocycles. The number of carboxylic acids is 1. The maximum atomic E-state index is 10.7. The minimum absolute atomic E-state index is 0.295. The van der Waals surface area contributed by atoms with Crippen molar-refractivity contribution in [3.63, 3.8) is 0 Å². The fraction of sp³-hybridized carbons (Fsp3) is 0.308. The Hall–Kier alpha value is -1.81. The van der Waals surface area contributed by atoms with Crippen molar-refractivity contribution in [2.45, 2.75) is 18.9 Å². The maximum Gasteiger partial charge on any atom is 0.339 e. The molecule has 0 spiro atoms. The lowest BCUT2D eigenvalue weighted by Gasteiger charge is -2.19. The van der Waals surface area contributed by atoms with Crippen molar-refractivity contribution in [3.8, 4) is 5.75 Å². The molecule has 0 heterocycles. The van der Waals surface area contributed by atoms with Gasteiger partial charge in [0, 0.05) is 0 Å². The molecule has 92 valence electrons. The topological polar surface area (TPSA) is 66.8 Å². The summed E-state index contributed by atoms with van der Waals surface area (Å²) in [6, 6.07) is 7.25. The molecule has 1 rings (SSSR count). The van der Waals surface area contributed by atoms with E-state index in [1.54, 1.807) is 18.2 Å². The molecule has 1 unspecified atom stereocenters. The molecule has 4 heteroatoms. The first-order chi connectivity index (χ1) is 7.97. The molecule has 4 nitrogen and oxygen atoms in total. The van der Waals surface area contributed by atoms with Gasteiger partial charge in [0.05, 0.1) is 0 Å². The van der Waals surface area contributed by atoms with Crippen LogP contribution in [0.4, 0.5) is 0 Å². The van der Waals surface area contributed by atoms with Crippen LogP contribution in [0.2, 0.25) is 0 Å². The first-order valence-electron chi connectivity index (χ1n) is 5.25. The van der Waals surface area contributed by atoms with Crippen LogP contribution >= 0.6 is 0 Å². The Labute approximate surface area is 100 Å². The van der Waals surface area contributed by atoms with Gasteiger partial charge >= 0.3 is 5.97 Å². The Morgan fingerprint density at radius 3 is 2.76 bits per heavy atom. The Kier molecular flexibility index (Phi) is 4.29. The predicted molar refractivity (Wildman–Crippen MR) is 64.1 cm³/mol. The molecule has 0 bridgehead atoms. The second kappa shape index (κ2) is 5.50. The van der Waals surface area contributed by atoms with Gasteiger partial charge in [-0.25, -0.2) is 4.79 Å². The monoisotopic (exact) mass is 236 g/mol. The molecule has 17 heavy (non-hydrogen) atoms. The molecule has 0 fully saturated rings. The van der Waals surface area contributed by atoms with Crippen molar-refractivity contribution in [2.24, 2.45) is 0 Å². The normalized spacial score (nSPS) is 13.8. The molecule has 0 radical (unpaired) electrons. The van der Waals surface area contributed by atoms with Gasteiger partial charge < -0.3 is 14.9 Å². The van der Waals surface area contributed by atoms with E-state index in [0.29, 0.717) is 12.2 Å². The quantitative estimate of drug-likeness (QED) is 0.737. The molecular weight excluding hydrogens is 220 g/mol. The van der Waals surface area contributed by atoms with Crippen LogP contribution in [0.15, 0.2) is 36.9 Å². The molecule has 0 aromatic heterocycles. The number of ether oxygens (including phenoxy) is 1. The van der Waals surface area contributed by atoms with E-state index < -0.39 is 11.6 Å². The van der Waals surface area contributed by atoms with Crippen LogP contribution in [-0.4, -0.2) is 28.4 Å². The first-order valence-corrected chi connectivity index (χ1v) is 5.25. The van der Waals surface area contributed by atoms with Gasteiger partial charge in [-0.15, -0.1) is 6.58 Å². The summed E-state index contributed by atoms with van der Waals surface area (Å²) >= 11 is 0. The minimum atomic E-state index is -1.89. The summed E-state index contributed by atoms with van der Waals surface area (Å²) in [7, 11) is 0. The number of carbonyl (C=O) groups is 1. The first kappa shape index (κ1) is 13.3. The zero-order valence-corrected chi connectivity index (χ0v) is 9.72. The summed E-state index contributed by atoms with van der Waals surface area (Å²) in [5.41, 5.74) is -0.981. The summed E-state index contributed by atoms with van der Waals surface area (Å²) < 4.78 is 5.34. The highest BCUT2D eigenvalue weighted by atomic mass is 16.5. The van der Waals surface area contributed by atoms with Crippen LogP contribution < -0.4 is 4.74 Å². The van der Waals surface area contributed by atoms with Crippen LogP contribution in [-0.2, 0) is 11.2 Å². The fourth-order valence-corrected chi connectivity index (χ4v) is 1.25. The number of rotatable bonds is 6. The SMILES string of the molecule is C=CCc1ccccc1OCC(C)(O)C(=O)O. The highest BCUT2D eigenvalue weighted by molar-refractivity contribution is 5.76. The van der Waals surface area contributed by atoms with Gasteiger partial charge in [-0.2, -0.15) is 0 Å². The van der Waals surface area contributed by atoms with Gasteiger partial charge in [-0.1, -0.05) is 24.3 Å². The van der Waals surface area contributed by atoms with Crippen molar-refractivity contribution in [1.29, 1.82) is 0 Å². The van der Waals surface area contributed by atoms with E-state index in [4.69, 9.17) is 9.84 Å². The van der Waals surface area contributed by atoms with Crippen molar-refractivity contribution in [3.05, 3.63) is 42.5 Å². The molecular formula is C13H16O4. The lowest BCUT2D eigenvalue weighted by atomic mass is 10.1. The highest BCUT2D eigenvalue weighted by Gasteiger charge is 2.31. The highest BCUT2D eigenvalue weighted by Crippen LogP contribution is 2.20. The van der Waals surface area contributed by atoms with Gasteiger partial charge in [0.1, 0.15) is 12.4 Å². The van der Waals surface area contributed by atoms with E-state index in [2.05, 4.69) is 6.58 Å². The van der Waals surface area contributed by atoms with Crippen molar-refractivity contribution in [2.75, 3.05) is 6.61 Å². The molecule has 0 aliphatic rings. The van der Waals surface area contributed by atoms with E-state index in [0.717, 1.165) is 5.56 Å². The molecule has 2 N–H and O–H groups in total.